The summed E-state index contributed by atoms with van der Waals surface area (Å²) in [4.78, 5) is 22.9. The molecule has 0 saturated heterocycles. The molecule has 0 atom stereocenters. The number of esters is 1. The quantitative estimate of drug-likeness (QED) is 0.554. The van der Waals surface area contributed by atoms with Gasteiger partial charge in [0, 0.05) is 11.8 Å². The summed E-state index contributed by atoms with van der Waals surface area (Å²) in [7, 11) is -2.72. The normalized spacial score (nSPS) is 11.3. The van der Waals surface area contributed by atoms with E-state index < -0.39 is 28.4 Å². The molecule has 1 amide bonds. The van der Waals surface area contributed by atoms with Crippen LogP contribution >= 0.6 is 0 Å². The number of carbonyl (C=O) groups is 2. The number of amides is 1. The summed E-state index contributed by atoms with van der Waals surface area (Å²) in [5, 5.41) is 2.57. The van der Waals surface area contributed by atoms with Crippen LogP contribution in [0.5, 0.6) is 0 Å². The topological polar surface area (TPSA) is 102 Å². The van der Waals surface area contributed by atoms with E-state index in [2.05, 4.69) is 14.8 Å². The molecule has 0 aliphatic carbocycles. The lowest BCUT2D eigenvalue weighted by Crippen LogP contribution is -2.30. The van der Waals surface area contributed by atoms with Gasteiger partial charge in [-0.2, -0.15) is 4.72 Å². The summed E-state index contributed by atoms with van der Waals surface area (Å²) >= 11 is 0. The lowest BCUT2D eigenvalue weighted by molar-refractivity contribution is -0.139. The minimum atomic E-state index is -3.87. The Morgan fingerprint density at radius 3 is 2.30 bits per heavy atom. The van der Waals surface area contributed by atoms with Crippen LogP contribution in [0.2, 0.25) is 0 Å². The third-order valence-electron chi connectivity index (χ3n) is 3.36. The fraction of sp³-hybridized carbons (Fsp3) is 0.111. The number of halogens is 1. The largest absolute Gasteiger partial charge is 0.468 e. The van der Waals surface area contributed by atoms with Crippen LogP contribution in [0.25, 0.3) is 6.08 Å². The van der Waals surface area contributed by atoms with Crippen LogP contribution in [0.1, 0.15) is 5.56 Å². The maximum absolute atomic E-state index is 12.8. The Balaban J connectivity index is 1.97. The Kier molecular flexibility index (Phi) is 6.80. The Morgan fingerprint density at radius 1 is 1.07 bits per heavy atom. The maximum Gasteiger partial charge on any atom is 0.320 e. The number of hydrogen-bond donors (Lipinski definition) is 2. The third kappa shape index (κ3) is 6.32. The Hall–Kier alpha value is -3.04. The summed E-state index contributed by atoms with van der Waals surface area (Å²) < 4.78 is 43.3. The highest BCUT2D eigenvalue weighted by molar-refractivity contribution is 7.89. The van der Waals surface area contributed by atoms with Crippen molar-refractivity contribution < 1.29 is 27.1 Å². The highest BCUT2D eigenvalue weighted by Crippen LogP contribution is 2.14. The number of benzene rings is 2. The molecule has 0 aromatic heterocycles. The maximum atomic E-state index is 12.8. The molecule has 0 unspecified atom stereocenters. The Bertz CT molecular complexity index is 939. The number of ether oxygens (including phenoxy) is 1. The average Bonchev–Trinajstić information content (AvgIpc) is 2.66. The van der Waals surface area contributed by atoms with Crippen LogP contribution < -0.4 is 10.0 Å². The molecule has 0 bridgehead atoms. The number of nitrogens with one attached hydrogen (secondary N) is 2. The highest BCUT2D eigenvalue weighted by atomic mass is 32.2. The number of sulfonamides is 1. The molecule has 2 rings (SSSR count). The summed E-state index contributed by atoms with van der Waals surface area (Å²) in [5.41, 5.74) is 1.04. The van der Waals surface area contributed by atoms with Gasteiger partial charge in [-0.15, -0.1) is 0 Å². The molecule has 0 aliphatic rings. The second-order valence-electron chi connectivity index (χ2n) is 5.30. The predicted octanol–water partition coefficient (Wildman–Crippen LogP) is 1.93. The molecule has 9 heteroatoms. The average molecular weight is 392 g/mol. The van der Waals surface area contributed by atoms with Gasteiger partial charge in [-0.1, -0.05) is 12.1 Å². The zero-order valence-corrected chi connectivity index (χ0v) is 15.1. The lowest BCUT2D eigenvalue weighted by atomic mass is 10.2. The predicted molar refractivity (Wildman–Crippen MR) is 97.7 cm³/mol. The Labute approximate surface area is 155 Å². The minimum Gasteiger partial charge on any atom is -0.468 e. The molecular weight excluding hydrogens is 375 g/mol. The first-order chi connectivity index (χ1) is 12.8. The van der Waals surface area contributed by atoms with Gasteiger partial charge in [0.25, 0.3) is 0 Å². The van der Waals surface area contributed by atoms with Crippen molar-refractivity contribution in [3.05, 3.63) is 66.0 Å². The van der Waals surface area contributed by atoms with Gasteiger partial charge in [0.2, 0.25) is 15.9 Å². The van der Waals surface area contributed by atoms with Crippen molar-refractivity contribution in [2.24, 2.45) is 0 Å². The van der Waals surface area contributed by atoms with Gasteiger partial charge in [-0.25, -0.2) is 12.8 Å². The fourth-order valence-corrected chi connectivity index (χ4v) is 2.93. The van der Waals surface area contributed by atoms with Crippen molar-refractivity contribution in [3.8, 4) is 0 Å². The SMILES string of the molecule is COC(=O)CNS(=O)(=O)c1ccc(NC(=O)/C=C/c2ccc(F)cc2)cc1. The van der Waals surface area contributed by atoms with E-state index >= 15 is 0 Å². The van der Waals surface area contributed by atoms with Crippen molar-refractivity contribution in [1.29, 1.82) is 0 Å². The number of rotatable bonds is 7. The van der Waals surface area contributed by atoms with Gasteiger partial charge in [-0.05, 0) is 48.0 Å². The van der Waals surface area contributed by atoms with Crippen LogP contribution in [0.4, 0.5) is 10.1 Å². The van der Waals surface area contributed by atoms with Crippen LogP contribution in [0.15, 0.2) is 59.5 Å². The first-order valence-electron chi connectivity index (χ1n) is 7.71. The second-order valence-corrected chi connectivity index (χ2v) is 7.07. The zero-order chi connectivity index (χ0) is 19.9. The minimum absolute atomic E-state index is 0.0637. The van der Waals surface area contributed by atoms with Crippen molar-refractivity contribution in [2.45, 2.75) is 4.90 Å². The molecule has 0 saturated carbocycles. The number of hydrogen-bond acceptors (Lipinski definition) is 5. The van der Waals surface area contributed by atoms with Gasteiger partial charge in [-0.3, -0.25) is 9.59 Å². The first-order valence-corrected chi connectivity index (χ1v) is 9.19. The summed E-state index contributed by atoms with van der Waals surface area (Å²) in [6.45, 7) is -0.481. The van der Waals surface area contributed by atoms with Crippen molar-refractivity contribution >= 4 is 33.7 Å². The van der Waals surface area contributed by atoms with Crippen LogP contribution in [0, 0.1) is 5.82 Å². The van der Waals surface area contributed by atoms with Gasteiger partial charge in [0.1, 0.15) is 12.4 Å². The summed E-state index contributed by atoms with van der Waals surface area (Å²) in [6.07, 6.45) is 2.79. The molecule has 0 fully saturated rings. The van der Waals surface area contributed by atoms with Gasteiger partial charge in [0.15, 0.2) is 0 Å². The monoisotopic (exact) mass is 392 g/mol. The van der Waals surface area contributed by atoms with Gasteiger partial charge < -0.3 is 10.1 Å². The van der Waals surface area contributed by atoms with E-state index in [1.54, 1.807) is 0 Å². The van der Waals surface area contributed by atoms with Crippen LogP contribution in [-0.4, -0.2) is 33.9 Å². The summed E-state index contributed by atoms with van der Waals surface area (Å²) in [6, 6.07) is 11.0. The van der Waals surface area contributed by atoms with E-state index in [1.807, 2.05) is 0 Å². The molecule has 7 nitrogen and oxygen atoms in total. The van der Waals surface area contributed by atoms with Crippen molar-refractivity contribution in [3.63, 3.8) is 0 Å². The third-order valence-corrected chi connectivity index (χ3v) is 4.78. The van der Waals surface area contributed by atoms with E-state index in [0.29, 0.717) is 11.3 Å². The fourth-order valence-electron chi connectivity index (χ4n) is 1.96. The van der Waals surface area contributed by atoms with E-state index in [0.717, 1.165) is 7.11 Å². The molecule has 2 aromatic rings. The molecule has 0 radical (unpaired) electrons. The summed E-state index contributed by atoms with van der Waals surface area (Å²) in [5.74, 6) is -1.51. The Morgan fingerprint density at radius 2 is 1.70 bits per heavy atom. The van der Waals surface area contributed by atoms with Gasteiger partial charge in [0.05, 0.1) is 12.0 Å². The van der Waals surface area contributed by atoms with Crippen LogP contribution in [-0.2, 0) is 24.3 Å². The van der Waals surface area contributed by atoms with E-state index in [1.165, 1.54) is 60.7 Å². The first kappa shape index (κ1) is 20.3. The zero-order valence-electron chi connectivity index (χ0n) is 14.3. The molecule has 0 heterocycles. The second kappa shape index (κ2) is 9.06. The lowest BCUT2D eigenvalue weighted by Gasteiger charge is -2.07. The molecule has 27 heavy (non-hydrogen) atoms. The standard InChI is InChI=1S/C18H17FN2O5S/c1-26-18(23)12-20-27(24,25)16-9-7-15(8-10-16)21-17(22)11-4-13-2-5-14(19)6-3-13/h2-11,20H,12H2,1H3,(H,21,22)/b11-4+. The number of carbonyl (C=O) groups excluding carboxylic acids is 2. The van der Waals surface area contributed by atoms with Crippen molar-refractivity contribution in [1.82, 2.24) is 4.72 Å². The highest BCUT2D eigenvalue weighted by Gasteiger charge is 2.15. The number of anilines is 1. The molecule has 142 valence electrons. The molecule has 0 spiro atoms. The molecular formula is C18H17FN2O5S. The molecule has 2 aromatic carbocycles. The van der Waals surface area contributed by atoms with Crippen LogP contribution in [0.3, 0.4) is 0 Å². The van der Waals surface area contributed by atoms with Crippen molar-refractivity contribution in [2.75, 3.05) is 19.0 Å². The molecule has 2 N–H and O–H groups in total. The van der Waals surface area contributed by atoms with E-state index in [-0.39, 0.29) is 10.7 Å². The van der Waals surface area contributed by atoms with E-state index in [4.69, 9.17) is 0 Å². The van der Waals surface area contributed by atoms with E-state index in [9.17, 15) is 22.4 Å². The number of methoxy groups -OCH3 is 1. The van der Waals surface area contributed by atoms with Gasteiger partial charge >= 0.3 is 5.97 Å². The smallest absolute Gasteiger partial charge is 0.320 e. The molecule has 0 aliphatic heterocycles.